The molecule has 0 radical (unpaired) electrons. The molecule has 41 heavy (non-hydrogen) atoms. The summed E-state index contributed by atoms with van der Waals surface area (Å²) < 4.78 is 6.40. The summed E-state index contributed by atoms with van der Waals surface area (Å²) in [6.07, 6.45) is 6.21. The van der Waals surface area contributed by atoms with E-state index in [2.05, 4.69) is 33.5 Å². The van der Waals surface area contributed by atoms with E-state index >= 15 is 0 Å². The molecule has 3 amide bonds. The number of carbonyl (C=O) groups excluding carboxylic acids is 3. The minimum absolute atomic E-state index is 0.150. The molecule has 218 valence electrons. The van der Waals surface area contributed by atoms with E-state index in [1.807, 2.05) is 33.0 Å². The van der Waals surface area contributed by atoms with Gasteiger partial charge in [0.25, 0.3) is 11.8 Å². The van der Waals surface area contributed by atoms with Crippen molar-refractivity contribution in [3.63, 3.8) is 0 Å². The molecule has 5 aliphatic rings. The number of aromatic nitrogens is 1. The van der Waals surface area contributed by atoms with E-state index in [4.69, 9.17) is 4.74 Å². The summed E-state index contributed by atoms with van der Waals surface area (Å²) in [6, 6.07) is 4.80. The van der Waals surface area contributed by atoms with Gasteiger partial charge in [-0.15, -0.1) is 0 Å². The van der Waals surface area contributed by atoms with Gasteiger partial charge < -0.3 is 20.3 Å². The Labute approximate surface area is 239 Å². The minimum atomic E-state index is -2.01. The van der Waals surface area contributed by atoms with Gasteiger partial charge in [0, 0.05) is 42.1 Å². The van der Waals surface area contributed by atoms with Crippen molar-refractivity contribution in [1.82, 2.24) is 25.0 Å². The number of nitrogens with one attached hydrogen (secondary N) is 2. The highest BCUT2D eigenvalue weighted by atomic mass is 16.7. The van der Waals surface area contributed by atoms with E-state index < -0.39 is 41.5 Å². The highest BCUT2D eigenvalue weighted by Gasteiger charge is 2.72. The van der Waals surface area contributed by atoms with Gasteiger partial charge in [-0.2, -0.15) is 0 Å². The zero-order chi connectivity index (χ0) is 29.0. The first-order valence-electron chi connectivity index (χ1n) is 14.9. The molecule has 1 aromatic heterocycles. The molecule has 1 aliphatic carbocycles. The van der Waals surface area contributed by atoms with Crippen LogP contribution in [-0.2, 0) is 25.5 Å². The van der Waals surface area contributed by atoms with Crippen LogP contribution in [0.2, 0.25) is 0 Å². The maximum atomic E-state index is 14.3. The quantitative estimate of drug-likeness (QED) is 0.526. The van der Waals surface area contributed by atoms with Crippen LogP contribution in [0, 0.1) is 17.8 Å². The number of piperazine rings is 1. The monoisotopic (exact) mass is 561 g/mol. The first kappa shape index (κ1) is 26.7. The second-order valence-electron chi connectivity index (χ2n) is 13.1. The summed E-state index contributed by atoms with van der Waals surface area (Å²) in [5, 5.41) is 16.2. The normalized spacial score (nSPS) is 34.8. The van der Waals surface area contributed by atoms with Crippen LogP contribution in [-0.4, -0.2) is 92.4 Å². The van der Waals surface area contributed by atoms with Gasteiger partial charge in [0.15, 0.2) is 0 Å². The zero-order valence-electron chi connectivity index (χ0n) is 24.3. The number of nitrogens with zero attached hydrogens (tertiary/aromatic N) is 3. The fraction of sp³-hybridized carbons (Fsp3) is 0.581. The predicted molar refractivity (Wildman–Crippen MR) is 152 cm³/mol. The number of likely N-dealkylation sites (N-methyl/N-ethyl adjacent to an activating group) is 1. The number of H-pyrrole nitrogens is 1. The highest BCUT2D eigenvalue weighted by molar-refractivity contribution is 6.01. The molecular formula is C31H39N5O5. The number of rotatable bonds is 4. The summed E-state index contributed by atoms with van der Waals surface area (Å²) in [6.45, 7) is 8.32. The van der Waals surface area contributed by atoms with Gasteiger partial charge in [0.1, 0.15) is 12.1 Å². The van der Waals surface area contributed by atoms with Crippen molar-refractivity contribution in [2.45, 2.75) is 76.7 Å². The Kier molecular flexibility index (Phi) is 5.79. The molecule has 2 aromatic rings. The Morgan fingerprint density at radius 3 is 2.73 bits per heavy atom. The molecule has 0 bridgehead atoms. The number of ether oxygens (including phenoxy) is 1. The largest absolute Gasteiger partial charge is 0.361 e. The molecule has 4 aliphatic heterocycles. The van der Waals surface area contributed by atoms with E-state index in [1.165, 1.54) is 15.8 Å². The predicted octanol–water partition coefficient (Wildman–Crippen LogP) is 2.04. The van der Waals surface area contributed by atoms with Crippen LogP contribution in [0.1, 0.15) is 51.7 Å². The van der Waals surface area contributed by atoms with Crippen LogP contribution in [0.25, 0.3) is 16.5 Å². The van der Waals surface area contributed by atoms with Crippen molar-refractivity contribution in [2.24, 2.45) is 17.8 Å². The molecule has 3 saturated heterocycles. The van der Waals surface area contributed by atoms with Gasteiger partial charge in [-0.25, -0.2) is 0 Å². The molecule has 5 heterocycles. The number of benzene rings is 1. The number of carbonyl (C=O) groups is 3. The molecule has 3 fully saturated rings. The summed E-state index contributed by atoms with van der Waals surface area (Å²) in [4.78, 5) is 50.4. The Bertz CT molecular complexity index is 1500. The standard InChI is InChI=1S/C31H39N5O5/c1-16(2)26-28(38)35-11-7-10-24(35)31(40)36(26)29(39)30(41-31,17(3)4)33-27(37)19-12-21-20-8-6-9-22-25(20)18(14-32-22)13-23(21)34(5)15-19/h6,8-9,12,14,16-17,19,23-24,26,32,40H,7,10-11,13,15H2,1-5H3,(H,33,37)/t19-,23+,24-,26-,30+,31-/m0/s1. The van der Waals surface area contributed by atoms with E-state index in [9.17, 15) is 19.5 Å². The summed E-state index contributed by atoms with van der Waals surface area (Å²) >= 11 is 0. The van der Waals surface area contributed by atoms with Crippen molar-refractivity contribution < 1.29 is 24.2 Å². The molecule has 10 heteroatoms. The fourth-order valence-corrected chi connectivity index (χ4v) is 7.97. The number of aromatic amines is 1. The zero-order valence-corrected chi connectivity index (χ0v) is 24.3. The summed E-state index contributed by atoms with van der Waals surface area (Å²) in [5.74, 6) is -4.36. The van der Waals surface area contributed by atoms with E-state index in [0.717, 1.165) is 23.1 Å². The second-order valence-corrected chi connectivity index (χ2v) is 13.1. The fourth-order valence-electron chi connectivity index (χ4n) is 7.97. The maximum Gasteiger partial charge on any atom is 0.281 e. The second kappa shape index (κ2) is 8.89. The van der Waals surface area contributed by atoms with Gasteiger partial charge in [0.05, 0.1) is 5.92 Å². The Hall–Kier alpha value is -3.21. The first-order chi connectivity index (χ1) is 19.5. The number of hydrogen-bond acceptors (Lipinski definition) is 6. The third-order valence-corrected chi connectivity index (χ3v) is 10.1. The molecule has 0 unspecified atom stereocenters. The van der Waals surface area contributed by atoms with Crippen LogP contribution in [0.15, 0.2) is 30.5 Å². The SMILES string of the molecule is CC(C)[C@H]1C(=O)N2CCC[C@H]2[C@]2(O)O[C@](NC(=O)[C@H]3C=C4c5cccc6[nH]cc(c56)C[C@H]4N(C)C3)(C(C)C)C(=O)N12. The average molecular weight is 562 g/mol. The van der Waals surface area contributed by atoms with Crippen LogP contribution in [0.4, 0.5) is 0 Å². The number of fused-ring (bicyclic) bond motifs is 5. The molecule has 10 nitrogen and oxygen atoms in total. The Balaban J connectivity index is 1.25. The van der Waals surface area contributed by atoms with Crippen molar-refractivity contribution in [3.05, 3.63) is 41.6 Å². The smallest absolute Gasteiger partial charge is 0.281 e. The topological polar surface area (TPSA) is 118 Å². The van der Waals surface area contributed by atoms with Crippen molar-refractivity contribution in [3.8, 4) is 0 Å². The summed E-state index contributed by atoms with van der Waals surface area (Å²) in [7, 11) is 2.03. The van der Waals surface area contributed by atoms with Crippen LogP contribution in [0.5, 0.6) is 0 Å². The lowest BCUT2D eigenvalue weighted by atomic mass is 9.79. The Morgan fingerprint density at radius 1 is 1.22 bits per heavy atom. The van der Waals surface area contributed by atoms with Crippen LogP contribution < -0.4 is 5.32 Å². The van der Waals surface area contributed by atoms with Crippen LogP contribution >= 0.6 is 0 Å². The number of hydrogen-bond donors (Lipinski definition) is 3. The van der Waals surface area contributed by atoms with Gasteiger partial charge in [-0.1, -0.05) is 45.9 Å². The minimum Gasteiger partial charge on any atom is -0.361 e. The number of amides is 3. The maximum absolute atomic E-state index is 14.3. The summed E-state index contributed by atoms with van der Waals surface area (Å²) in [5.41, 5.74) is 2.78. The van der Waals surface area contributed by atoms with E-state index in [0.29, 0.717) is 25.9 Å². The van der Waals surface area contributed by atoms with Crippen molar-refractivity contribution in [2.75, 3.05) is 20.1 Å². The van der Waals surface area contributed by atoms with Crippen molar-refractivity contribution >= 4 is 34.2 Å². The molecule has 0 saturated carbocycles. The lowest BCUT2D eigenvalue weighted by Crippen LogP contribution is -2.72. The Morgan fingerprint density at radius 2 is 2.00 bits per heavy atom. The van der Waals surface area contributed by atoms with Crippen LogP contribution in [0.3, 0.4) is 0 Å². The average Bonchev–Trinajstić information content (AvgIpc) is 3.64. The molecule has 3 N–H and O–H groups in total. The van der Waals surface area contributed by atoms with Gasteiger partial charge in [-0.3, -0.25) is 28.9 Å². The van der Waals surface area contributed by atoms with Gasteiger partial charge in [0.2, 0.25) is 17.5 Å². The molecule has 6 atom stereocenters. The molecule has 0 spiro atoms. The molecular weight excluding hydrogens is 522 g/mol. The first-order valence-corrected chi connectivity index (χ1v) is 14.9. The number of aliphatic hydroxyl groups is 1. The lowest BCUT2D eigenvalue weighted by Gasteiger charge is -2.49. The van der Waals surface area contributed by atoms with Gasteiger partial charge in [-0.05, 0) is 55.0 Å². The van der Waals surface area contributed by atoms with Crippen molar-refractivity contribution in [1.29, 1.82) is 0 Å². The third-order valence-electron chi connectivity index (χ3n) is 10.1. The van der Waals surface area contributed by atoms with E-state index in [-0.39, 0.29) is 23.8 Å². The highest BCUT2D eigenvalue weighted by Crippen LogP contribution is 2.49. The van der Waals surface area contributed by atoms with E-state index in [1.54, 1.807) is 18.7 Å². The van der Waals surface area contributed by atoms with Gasteiger partial charge >= 0.3 is 0 Å². The molecule has 1 aromatic carbocycles. The third kappa shape index (κ3) is 3.50. The lowest BCUT2D eigenvalue weighted by molar-refractivity contribution is -0.323. The molecule has 7 rings (SSSR count).